The van der Waals surface area contributed by atoms with Crippen LogP contribution in [0.3, 0.4) is 0 Å². The quantitative estimate of drug-likeness (QED) is 0.722. The SMILES string of the molecule is COCCCCNC(=O)c1cc(F)cc(S(N)(=O)=O)c1. The number of carbonyl (C=O) groups excluding carboxylic acids is 1. The minimum atomic E-state index is -4.05. The van der Waals surface area contributed by atoms with Gasteiger partial charge in [0.2, 0.25) is 10.0 Å². The summed E-state index contributed by atoms with van der Waals surface area (Å²) >= 11 is 0. The lowest BCUT2D eigenvalue weighted by atomic mass is 10.2. The fraction of sp³-hybridized carbons (Fsp3) is 0.417. The molecule has 8 heteroatoms. The lowest BCUT2D eigenvalue weighted by molar-refractivity contribution is 0.0950. The smallest absolute Gasteiger partial charge is 0.251 e. The molecule has 0 spiro atoms. The number of hydrogen-bond donors (Lipinski definition) is 2. The van der Waals surface area contributed by atoms with Gasteiger partial charge in [-0.3, -0.25) is 4.79 Å². The highest BCUT2D eigenvalue weighted by molar-refractivity contribution is 7.89. The highest BCUT2D eigenvalue weighted by Gasteiger charge is 2.14. The van der Waals surface area contributed by atoms with Crippen molar-refractivity contribution in [2.45, 2.75) is 17.7 Å². The number of primary sulfonamides is 1. The Hall–Kier alpha value is -1.51. The second-order valence-corrected chi connectivity index (χ2v) is 5.74. The summed E-state index contributed by atoms with van der Waals surface area (Å²) in [6.45, 7) is 0.981. The molecule has 1 aromatic carbocycles. The maximum atomic E-state index is 13.3. The first kappa shape index (κ1) is 16.5. The molecule has 0 saturated carbocycles. The number of unbranched alkanes of at least 4 members (excludes halogenated alkanes) is 1. The fourth-order valence-electron chi connectivity index (χ4n) is 1.53. The standard InChI is InChI=1S/C12H17FN2O4S/c1-19-5-3-2-4-15-12(16)9-6-10(13)8-11(7-9)20(14,17)18/h6-8H,2-5H2,1H3,(H,15,16)(H2,14,17,18). The van der Waals surface area contributed by atoms with Gasteiger partial charge < -0.3 is 10.1 Å². The van der Waals surface area contributed by atoms with E-state index < -0.39 is 26.6 Å². The van der Waals surface area contributed by atoms with Crippen molar-refractivity contribution in [2.75, 3.05) is 20.3 Å². The molecule has 112 valence electrons. The summed E-state index contributed by atoms with van der Waals surface area (Å²) in [6, 6.07) is 2.77. The number of nitrogens with two attached hydrogens (primary N) is 1. The number of methoxy groups -OCH3 is 1. The first-order valence-corrected chi connectivity index (χ1v) is 7.50. The summed E-state index contributed by atoms with van der Waals surface area (Å²) in [5, 5.41) is 7.48. The third-order valence-electron chi connectivity index (χ3n) is 2.52. The molecule has 0 aromatic heterocycles. The Morgan fingerprint density at radius 2 is 2.05 bits per heavy atom. The van der Waals surface area contributed by atoms with Crippen LogP contribution in [0.5, 0.6) is 0 Å². The van der Waals surface area contributed by atoms with Gasteiger partial charge in [-0.2, -0.15) is 0 Å². The van der Waals surface area contributed by atoms with Gasteiger partial charge in [-0.05, 0) is 31.0 Å². The second-order valence-electron chi connectivity index (χ2n) is 4.18. The molecule has 1 amide bonds. The molecule has 0 unspecified atom stereocenters. The lowest BCUT2D eigenvalue weighted by Crippen LogP contribution is -2.25. The predicted octanol–water partition coefficient (Wildman–Crippen LogP) is 0.630. The number of amides is 1. The average Bonchev–Trinajstić information content (AvgIpc) is 2.36. The molecule has 0 heterocycles. The molecular formula is C12H17FN2O4S. The van der Waals surface area contributed by atoms with E-state index >= 15 is 0 Å². The highest BCUT2D eigenvalue weighted by Crippen LogP contribution is 2.13. The van der Waals surface area contributed by atoms with Gasteiger partial charge in [0.05, 0.1) is 4.90 Å². The number of hydrogen-bond acceptors (Lipinski definition) is 4. The monoisotopic (exact) mass is 304 g/mol. The van der Waals surface area contributed by atoms with Gasteiger partial charge >= 0.3 is 0 Å². The van der Waals surface area contributed by atoms with Crippen LogP contribution in [-0.2, 0) is 14.8 Å². The third-order valence-corrected chi connectivity index (χ3v) is 3.42. The van der Waals surface area contributed by atoms with Gasteiger partial charge in [-0.15, -0.1) is 0 Å². The van der Waals surface area contributed by atoms with E-state index in [-0.39, 0.29) is 5.56 Å². The fourth-order valence-corrected chi connectivity index (χ4v) is 2.10. The zero-order valence-electron chi connectivity index (χ0n) is 11.1. The van der Waals surface area contributed by atoms with Crippen molar-refractivity contribution in [1.29, 1.82) is 0 Å². The Morgan fingerprint density at radius 3 is 2.65 bits per heavy atom. The summed E-state index contributed by atoms with van der Waals surface area (Å²) < 4.78 is 40.5. The van der Waals surface area contributed by atoms with E-state index in [0.29, 0.717) is 19.6 Å². The molecule has 0 bridgehead atoms. The Morgan fingerprint density at radius 1 is 1.35 bits per heavy atom. The number of benzene rings is 1. The molecule has 1 rings (SSSR count). The summed E-state index contributed by atoms with van der Waals surface area (Å²) in [5.41, 5.74) is -0.0826. The Bertz CT molecular complexity index is 575. The molecular weight excluding hydrogens is 287 g/mol. The van der Waals surface area contributed by atoms with Gasteiger partial charge in [-0.1, -0.05) is 0 Å². The molecule has 0 radical (unpaired) electrons. The minimum absolute atomic E-state index is 0.0826. The predicted molar refractivity (Wildman–Crippen MR) is 71.2 cm³/mol. The van der Waals surface area contributed by atoms with Crippen molar-refractivity contribution >= 4 is 15.9 Å². The highest BCUT2D eigenvalue weighted by atomic mass is 32.2. The number of carbonyl (C=O) groups is 1. The van der Waals surface area contributed by atoms with E-state index in [1.165, 1.54) is 0 Å². The van der Waals surface area contributed by atoms with Crippen molar-refractivity contribution in [1.82, 2.24) is 5.32 Å². The maximum Gasteiger partial charge on any atom is 0.251 e. The first-order valence-electron chi connectivity index (χ1n) is 5.95. The van der Waals surface area contributed by atoms with Gasteiger partial charge in [0, 0.05) is 25.8 Å². The minimum Gasteiger partial charge on any atom is -0.385 e. The zero-order chi connectivity index (χ0) is 15.2. The summed E-state index contributed by atoms with van der Waals surface area (Å²) in [4.78, 5) is 11.3. The second kappa shape index (κ2) is 7.32. The number of sulfonamides is 1. The molecule has 0 aliphatic rings. The van der Waals surface area contributed by atoms with Crippen LogP contribution in [0.4, 0.5) is 4.39 Å². The summed E-state index contributed by atoms with van der Waals surface area (Å²) in [7, 11) is -2.47. The summed E-state index contributed by atoms with van der Waals surface area (Å²) in [5.74, 6) is -1.38. The largest absolute Gasteiger partial charge is 0.385 e. The Balaban J connectivity index is 2.71. The number of rotatable bonds is 7. The molecule has 1 aromatic rings. The molecule has 0 aliphatic heterocycles. The zero-order valence-corrected chi connectivity index (χ0v) is 11.9. The van der Waals surface area contributed by atoms with E-state index in [0.717, 1.165) is 24.6 Å². The maximum absolute atomic E-state index is 13.3. The Kier molecular flexibility index (Phi) is 6.05. The van der Waals surface area contributed by atoms with E-state index in [2.05, 4.69) is 5.32 Å². The number of ether oxygens (including phenoxy) is 1. The van der Waals surface area contributed by atoms with E-state index in [1.54, 1.807) is 7.11 Å². The molecule has 20 heavy (non-hydrogen) atoms. The van der Waals surface area contributed by atoms with Gasteiger partial charge in [0.1, 0.15) is 5.82 Å². The van der Waals surface area contributed by atoms with E-state index in [9.17, 15) is 17.6 Å². The van der Waals surface area contributed by atoms with Crippen molar-refractivity contribution < 1.29 is 22.3 Å². The number of halogens is 1. The molecule has 0 fully saturated rings. The van der Waals surface area contributed by atoms with Crippen LogP contribution < -0.4 is 10.5 Å². The normalized spacial score (nSPS) is 11.3. The van der Waals surface area contributed by atoms with Crippen LogP contribution in [-0.4, -0.2) is 34.6 Å². The van der Waals surface area contributed by atoms with Crippen molar-refractivity contribution in [2.24, 2.45) is 5.14 Å². The van der Waals surface area contributed by atoms with Crippen molar-refractivity contribution in [3.05, 3.63) is 29.6 Å². The van der Waals surface area contributed by atoms with E-state index in [4.69, 9.17) is 9.88 Å². The summed E-state index contributed by atoms with van der Waals surface area (Å²) in [6.07, 6.45) is 1.49. The molecule has 3 N–H and O–H groups in total. The van der Waals surface area contributed by atoms with E-state index in [1.807, 2.05) is 0 Å². The van der Waals surface area contributed by atoms with Gasteiger partial charge in [0.15, 0.2) is 0 Å². The third kappa shape index (κ3) is 5.24. The van der Waals surface area contributed by atoms with Gasteiger partial charge in [-0.25, -0.2) is 17.9 Å². The topological polar surface area (TPSA) is 98.5 Å². The van der Waals surface area contributed by atoms with Crippen LogP contribution in [0.1, 0.15) is 23.2 Å². The molecule has 0 aliphatic carbocycles. The van der Waals surface area contributed by atoms with Gasteiger partial charge in [0.25, 0.3) is 5.91 Å². The van der Waals surface area contributed by atoms with Crippen molar-refractivity contribution in [3.63, 3.8) is 0 Å². The van der Waals surface area contributed by atoms with Crippen LogP contribution in [0.25, 0.3) is 0 Å². The molecule has 0 atom stereocenters. The number of nitrogens with one attached hydrogen (secondary N) is 1. The lowest BCUT2D eigenvalue weighted by Gasteiger charge is -2.07. The van der Waals surface area contributed by atoms with Crippen LogP contribution in [0, 0.1) is 5.82 Å². The first-order chi connectivity index (χ1) is 9.34. The molecule has 0 saturated heterocycles. The average molecular weight is 304 g/mol. The van der Waals surface area contributed by atoms with Crippen LogP contribution in [0.2, 0.25) is 0 Å². The van der Waals surface area contributed by atoms with Crippen LogP contribution in [0.15, 0.2) is 23.1 Å². The van der Waals surface area contributed by atoms with Crippen LogP contribution >= 0.6 is 0 Å². The van der Waals surface area contributed by atoms with Crippen molar-refractivity contribution in [3.8, 4) is 0 Å². The Labute approximate surface area is 117 Å². The molecule has 6 nitrogen and oxygen atoms in total.